The van der Waals surface area contributed by atoms with E-state index in [9.17, 15) is 23.1 Å². The topological polar surface area (TPSA) is 163 Å². The molecule has 226 valence electrons. The molecule has 3 N–H and O–H groups in total. The Kier molecular flexibility index (Phi) is 9.24. The second-order valence-electron chi connectivity index (χ2n) is 10.8. The first kappa shape index (κ1) is 31.0. The lowest BCUT2D eigenvalue weighted by atomic mass is 9.99. The number of hydrogen-bond acceptors (Lipinski definition) is 9. The second-order valence-corrected chi connectivity index (χ2v) is 12.4. The lowest BCUT2D eigenvalue weighted by Crippen LogP contribution is -2.49. The van der Waals surface area contributed by atoms with Gasteiger partial charge in [0.15, 0.2) is 10.7 Å². The van der Waals surface area contributed by atoms with Crippen LogP contribution in [0.15, 0.2) is 51.9 Å². The van der Waals surface area contributed by atoms with E-state index in [1.807, 2.05) is 18.9 Å². The van der Waals surface area contributed by atoms with Crippen LogP contribution in [0.2, 0.25) is 0 Å². The Morgan fingerprint density at radius 1 is 1.21 bits per heavy atom. The largest absolute Gasteiger partial charge is 0.488 e. The number of carbonyl (C=O) groups is 2. The van der Waals surface area contributed by atoms with Crippen LogP contribution in [0.4, 0.5) is 5.69 Å². The Hall–Kier alpha value is -3.94. The predicted molar refractivity (Wildman–Crippen MR) is 154 cm³/mol. The van der Waals surface area contributed by atoms with Gasteiger partial charge in [0, 0.05) is 31.2 Å². The van der Waals surface area contributed by atoms with Gasteiger partial charge >= 0.3 is 5.97 Å². The summed E-state index contributed by atoms with van der Waals surface area (Å²) in [5.74, 6) is -1.05. The minimum Gasteiger partial charge on any atom is -0.488 e. The van der Waals surface area contributed by atoms with Gasteiger partial charge in [-0.3, -0.25) is 14.4 Å². The van der Waals surface area contributed by atoms with Crippen molar-refractivity contribution < 1.29 is 37.5 Å². The number of aliphatic hydroxyl groups is 1. The Bertz CT molecular complexity index is 1530. The highest BCUT2D eigenvalue weighted by molar-refractivity contribution is 7.92. The fourth-order valence-corrected chi connectivity index (χ4v) is 6.39. The summed E-state index contributed by atoms with van der Waals surface area (Å²) >= 11 is 0. The standard InChI is InChI=1S/C29H36N4O8S/c1-17-13-33(18(2)16-34)28(35)24-12-23(31-42(38,39)27-19(3)30-41-20(27)4)10-11-25(24)40-26(17)15-32(5)14-21-6-8-22(9-7-21)29(36)37/h6-12,17-18,26,31,34H,13-16H2,1-5H3,(H,36,37)/t17-,18+,26-/m0/s1. The Balaban J connectivity index is 1.62. The van der Waals surface area contributed by atoms with Crippen LogP contribution in [0.3, 0.4) is 0 Å². The summed E-state index contributed by atoms with van der Waals surface area (Å²) in [7, 11) is -2.13. The average molecular weight is 601 g/mol. The molecule has 1 aliphatic rings. The summed E-state index contributed by atoms with van der Waals surface area (Å²) in [6, 6.07) is 10.7. The van der Waals surface area contributed by atoms with Gasteiger partial charge in [0.2, 0.25) is 0 Å². The van der Waals surface area contributed by atoms with Crippen molar-refractivity contribution in [3.8, 4) is 5.75 Å². The number of anilines is 1. The smallest absolute Gasteiger partial charge is 0.335 e. The third-order valence-corrected chi connectivity index (χ3v) is 8.92. The van der Waals surface area contributed by atoms with Crippen LogP contribution in [0.1, 0.15) is 51.6 Å². The van der Waals surface area contributed by atoms with E-state index in [1.54, 1.807) is 42.2 Å². The number of ether oxygens (including phenoxy) is 1. The van der Waals surface area contributed by atoms with E-state index in [2.05, 4.69) is 9.88 Å². The molecular formula is C29H36N4O8S. The molecule has 1 aromatic heterocycles. The number of sulfonamides is 1. The number of aliphatic hydroxyl groups excluding tert-OH is 1. The molecule has 0 radical (unpaired) electrons. The second kappa shape index (κ2) is 12.5. The van der Waals surface area contributed by atoms with Crippen LogP contribution in [0.5, 0.6) is 5.75 Å². The molecule has 13 heteroatoms. The summed E-state index contributed by atoms with van der Waals surface area (Å²) < 4.78 is 40.1. The molecule has 1 amide bonds. The number of amides is 1. The number of aromatic nitrogens is 1. The highest BCUT2D eigenvalue weighted by Gasteiger charge is 2.34. The molecule has 3 aromatic rings. The zero-order chi connectivity index (χ0) is 30.8. The molecule has 0 fully saturated rings. The summed E-state index contributed by atoms with van der Waals surface area (Å²) in [5, 5.41) is 22.8. The highest BCUT2D eigenvalue weighted by Crippen LogP contribution is 2.32. The maximum atomic E-state index is 13.7. The van der Waals surface area contributed by atoms with E-state index >= 15 is 0 Å². The van der Waals surface area contributed by atoms with Crippen LogP contribution in [0.25, 0.3) is 0 Å². The van der Waals surface area contributed by atoms with E-state index in [1.165, 1.54) is 26.0 Å². The molecule has 42 heavy (non-hydrogen) atoms. The molecule has 0 aliphatic carbocycles. The first-order chi connectivity index (χ1) is 19.8. The number of carboxylic acid groups (broad SMARTS) is 1. The van der Waals surface area contributed by atoms with E-state index in [4.69, 9.17) is 14.4 Å². The molecule has 0 bridgehead atoms. The number of carbonyl (C=O) groups excluding carboxylic acids is 1. The highest BCUT2D eigenvalue weighted by atomic mass is 32.2. The molecule has 4 rings (SSSR count). The summed E-state index contributed by atoms with van der Waals surface area (Å²) in [4.78, 5) is 28.4. The van der Waals surface area contributed by atoms with Crippen molar-refractivity contribution in [1.29, 1.82) is 0 Å². The number of aryl methyl sites for hydroxylation is 2. The fourth-order valence-electron chi connectivity index (χ4n) is 5.00. The summed E-state index contributed by atoms with van der Waals surface area (Å²) in [6.07, 6.45) is -0.363. The van der Waals surface area contributed by atoms with Gasteiger partial charge in [0.25, 0.3) is 15.9 Å². The Morgan fingerprint density at radius 2 is 1.90 bits per heavy atom. The van der Waals surface area contributed by atoms with Gasteiger partial charge in [-0.25, -0.2) is 13.2 Å². The van der Waals surface area contributed by atoms with Crippen LogP contribution in [0, 0.1) is 19.8 Å². The first-order valence-corrected chi connectivity index (χ1v) is 15.0. The van der Waals surface area contributed by atoms with Crippen LogP contribution >= 0.6 is 0 Å². The van der Waals surface area contributed by atoms with Gasteiger partial charge in [0.1, 0.15) is 17.5 Å². The molecular weight excluding hydrogens is 564 g/mol. The maximum Gasteiger partial charge on any atom is 0.335 e. The van der Waals surface area contributed by atoms with Crippen LogP contribution < -0.4 is 9.46 Å². The van der Waals surface area contributed by atoms with Crippen molar-refractivity contribution >= 4 is 27.6 Å². The number of likely N-dealkylation sites (N-methyl/N-ethyl adjacent to an activating group) is 1. The van der Waals surface area contributed by atoms with Gasteiger partial charge in [-0.1, -0.05) is 24.2 Å². The first-order valence-electron chi connectivity index (χ1n) is 13.5. The van der Waals surface area contributed by atoms with E-state index in [0.29, 0.717) is 25.4 Å². The molecule has 3 atom stereocenters. The monoisotopic (exact) mass is 600 g/mol. The van der Waals surface area contributed by atoms with Crippen molar-refractivity contribution in [2.24, 2.45) is 5.92 Å². The molecule has 0 unspecified atom stereocenters. The lowest BCUT2D eigenvalue weighted by molar-refractivity contribution is 0.0341. The number of carboxylic acids is 1. The third-order valence-electron chi connectivity index (χ3n) is 7.30. The molecule has 0 saturated carbocycles. The van der Waals surface area contributed by atoms with Gasteiger partial charge in [0.05, 0.1) is 23.8 Å². The van der Waals surface area contributed by atoms with Crippen LogP contribution in [-0.2, 0) is 16.6 Å². The van der Waals surface area contributed by atoms with Gasteiger partial charge in [-0.15, -0.1) is 0 Å². The van der Waals surface area contributed by atoms with E-state index < -0.39 is 22.0 Å². The van der Waals surface area contributed by atoms with Gasteiger partial charge in [-0.2, -0.15) is 0 Å². The Morgan fingerprint density at radius 3 is 2.50 bits per heavy atom. The number of aromatic carboxylic acids is 1. The maximum absolute atomic E-state index is 13.7. The molecule has 2 aromatic carbocycles. The number of hydrogen-bond donors (Lipinski definition) is 3. The zero-order valence-electron chi connectivity index (χ0n) is 24.2. The lowest BCUT2D eigenvalue weighted by Gasteiger charge is -2.38. The molecule has 0 spiro atoms. The minimum absolute atomic E-state index is 0.0677. The van der Waals surface area contributed by atoms with Crippen molar-refractivity contribution in [2.75, 3.05) is 31.5 Å². The quantitative estimate of drug-likeness (QED) is 0.315. The van der Waals surface area contributed by atoms with Crippen molar-refractivity contribution in [2.45, 2.75) is 51.3 Å². The minimum atomic E-state index is -4.05. The number of nitrogens with one attached hydrogen (secondary N) is 1. The van der Waals surface area contributed by atoms with Crippen molar-refractivity contribution in [3.05, 3.63) is 70.6 Å². The molecule has 0 saturated heterocycles. The van der Waals surface area contributed by atoms with E-state index in [0.717, 1.165) is 5.56 Å². The number of benzene rings is 2. The third kappa shape index (κ3) is 6.75. The number of fused-ring (bicyclic) bond motifs is 1. The predicted octanol–water partition coefficient (Wildman–Crippen LogP) is 3.14. The van der Waals surface area contributed by atoms with Crippen LogP contribution in [-0.4, -0.2) is 84.4 Å². The van der Waals surface area contributed by atoms with E-state index in [-0.39, 0.29) is 57.7 Å². The number of nitrogens with zero attached hydrogens (tertiary/aromatic N) is 3. The molecule has 12 nitrogen and oxygen atoms in total. The van der Waals surface area contributed by atoms with Crippen molar-refractivity contribution in [3.63, 3.8) is 0 Å². The number of rotatable bonds is 10. The fraction of sp³-hybridized carbons (Fsp3) is 0.414. The Labute approximate surface area is 244 Å². The van der Waals surface area contributed by atoms with Gasteiger partial charge in [-0.05, 0) is 63.7 Å². The summed E-state index contributed by atoms with van der Waals surface area (Å²) in [5.41, 5.74) is 1.69. The van der Waals surface area contributed by atoms with Crippen molar-refractivity contribution in [1.82, 2.24) is 15.0 Å². The van der Waals surface area contributed by atoms with Gasteiger partial charge < -0.3 is 24.4 Å². The average Bonchev–Trinajstić information content (AvgIpc) is 3.29. The molecule has 1 aliphatic heterocycles. The normalized spacial score (nSPS) is 18.2. The SMILES string of the molecule is Cc1noc(C)c1S(=O)(=O)Nc1ccc2c(c1)C(=O)N([C@H](C)CO)C[C@H](C)[C@H](CN(C)Cc1ccc(C(=O)O)cc1)O2. The summed E-state index contributed by atoms with van der Waals surface area (Å²) in [6.45, 7) is 7.84. The zero-order valence-corrected chi connectivity index (χ0v) is 25.0. The molecule has 2 heterocycles.